The Labute approximate surface area is 145 Å². The van der Waals surface area contributed by atoms with Crippen molar-refractivity contribution in [3.8, 4) is 5.75 Å². The smallest absolute Gasteiger partial charge is 0.263 e. The van der Waals surface area contributed by atoms with Crippen LogP contribution in [-0.2, 0) is 17.6 Å². The first-order valence-electron chi connectivity index (χ1n) is 9.22. The van der Waals surface area contributed by atoms with Crippen molar-refractivity contribution in [2.75, 3.05) is 26.7 Å². The van der Waals surface area contributed by atoms with Crippen LogP contribution in [0.1, 0.15) is 44.2 Å². The number of aryl methyl sites for hydroxylation is 2. The van der Waals surface area contributed by atoms with E-state index in [2.05, 4.69) is 29.4 Å². The predicted octanol–water partition coefficient (Wildman–Crippen LogP) is 2.79. The van der Waals surface area contributed by atoms with Crippen molar-refractivity contribution in [2.24, 2.45) is 5.92 Å². The van der Waals surface area contributed by atoms with Gasteiger partial charge in [-0.15, -0.1) is 0 Å². The van der Waals surface area contributed by atoms with Crippen molar-refractivity contribution < 1.29 is 9.53 Å². The number of amides is 1. The Morgan fingerprint density at radius 3 is 2.71 bits per heavy atom. The topological polar surface area (TPSA) is 41.6 Å². The number of carbonyl (C=O) groups excluding carboxylic acids is 1. The Bertz CT molecular complexity index is 589. The van der Waals surface area contributed by atoms with E-state index in [0.29, 0.717) is 5.92 Å². The molecule has 1 aromatic rings. The molecule has 3 rings (SSSR count). The lowest BCUT2D eigenvalue weighted by Gasteiger charge is -2.30. The van der Waals surface area contributed by atoms with Crippen molar-refractivity contribution in [1.82, 2.24) is 10.2 Å². The van der Waals surface area contributed by atoms with Crippen molar-refractivity contribution >= 4 is 5.91 Å². The summed E-state index contributed by atoms with van der Waals surface area (Å²) < 4.78 is 6.03. The minimum Gasteiger partial charge on any atom is -0.478 e. The van der Waals surface area contributed by atoms with Gasteiger partial charge in [0.2, 0.25) is 0 Å². The van der Waals surface area contributed by atoms with Gasteiger partial charge >= 0.3 is 0 Å². The van der Waals surface area contributed by atoms with Crippen LogP contribution in [0, 0.1) is 5.92 Å². The summed E-state index contributed by atoms with van der Waals surface area (Å²) >= 11 is 0. The molecule has 1 aliphatic heterocycles. The van der Waals surface area contributed by atoms with Crippen LogP contribution in [0.3, 0.4) is 0 Å². The molecule has 0 atom stereocenters. The molecular formula is C20H30N2O2. The van der Waals surface area contributed by atoms with Crippen molar-refractivity contribution in [2.45, 2.75) is 51.6 Å². The van der Waals surface area contributed by atoms with E-state index in [1.165, 1.54) is 17.5 Å². The number of benzene rings is 1. The summed E-state index contributed by atoms with van der Waals surface area (Å²) in [5, 5.41) is 3.10. The average molecular weight is 330 g/mol. The fourth-order valence-electron chi connectivity index (χ4n) is 3.67. The predicted molar refractivity (Wildman–Crippen MR) is 96.4 cm³/mol. The van der Waals surface area contributed by atoms with Crippen molar-refractivity contribution in [1.29, 1.82) is 0 Å². The standard InChI is InChI=1S/C20H30N2O2/c1-20(2,19(23)21-14-15-9-11-22(3)12-10-15)24-18-8-7-16-5-4-6-17(16)13-18/h7-8,13,15H,4-6,9-12,14H2,1-3H3,(H,21,23). The number of ether oxygens (including phenoxy) is 1. The first-order chi connectivity index (χ1) is 11.4. The summed E-state index contributed by atoms with van der Waals surface area (Å²) in [7, 11) is 2.16. The van der Waals surface area contributed by atoms with E-state index in [9.17, 15) is 4.79 Å². The molecule has 4 nitrogen and oxygen atoms in total. The van der Waals surface area contributed by atoms with Gasteiger partial charge in [0.25, 0.3) is 5.91 Å². The Kier molecular flexibility index (Phi) is 5.14. The molecule has 2 aliphatic rings. The SMILES string of the molecule is CN1CCC(CNC(=O)C(C)(C)Oc2ccc3c(c2)CCC3)CC1. The van der Waals surface area contributed by atoms with Gasteiger partial charge in [-0.05, 0) is 95.3 Å². The molecule has 1 N–H and O–H groups in total. The number of likely N-dealkylation sites (tertiary alicyclic amines) is 1. The summed E-state index contributed by atoms with van der Waals surface area (Å²) in [4.78, 5) is 14.9. The van der Waals surface area contributed by atoms with Gasteiger partial charge < -0.3 is 15.0 Å². The van der Waals surface area contributed by atoms with Crippen LogP contribution in [0.4, 0.5) is 0 Å². The minimum absolute atomic E-state index is 0.0260. The number of rotatable bonds is 5. The maximum Gasteiger partial charge on any atom is 0.263 e. The van der Waals surface area contributed by atoms with Crippen LogP contribution < -0.4 is 10.1 Å². The molecule has 0 spiro atoms. The minimum atomic E-state index is -0.849. The summed E-state index contributed by atoms with van der Waals surface area (Å²) in [6, 6.07) is 6.24. The molecule has 1 amide bonds. The van der Waals surface area contributed by atoms with Gasteiger partial charge in [-0.2, -0.15) is 0 Å². The second kappa shape index (κ2) is 7.14. The lowest BCUT2D eigenvalue weighted by atomic mass is 9.97. The molecule has 0 saturated carbocycles. The molecule has 24 heavy (non-hydrogen) atoms. The van der Waals surface area contributed by atoms with E-state index in [0.717, 1.165) is 51.1 Å². The molecule has 1 aliphatic carbocycles. The Balaban J connectivity index is 1.53. The van der Waals surface area contributed by atoms with E-state index in [1.54, 1.807) is 0 Å². The highest BCUT2D eigenvalue weighted by Crippen LogP contribution is 2.28. The number of hydrogen-bond acceptors (Lipinski definition) is 3. The van der Waals surface area contributed by atoms with Crippen LogP contribution in [0.5, 0.6) is 5.75 Å². The third-order valence-corrected chi connectivity index (χ3v) is 5.38. The molecule has 1 fully saturated rings. The van der Waals surface area contributed by atoms with Crippen LogP contribution in [0.15, 0.2) is 18.2 Å². The van der Waals surface area contributed by atoms with Gasteiger partial charge in [0.1, 0.15) is 5.75 Å². The number of nitrogens with zero attached hydrogens (tertiary/aromatic N) is 1. The number of hydrogen-bond donors (Lipinski definition) is 1. The van der Waals surface area contributed by atoms with E-state index < -0.39 is 5.60 Å². The zero-order valence-corrected chi connectivity index (χ0v) is 15.2. The molecule has 0 aromatic heterocycles. The first kappa shape index (κ1) is 17.3. The number of fused-ring (bicyclic) bond motifs is 1. The van der Waals surface area contributed by atoms with Crippen LogP contribution >= 0.6 is 0 Å². The number of nitrogens with one attached hydrogen (secondary N) is 1. The monoisotopic (exact) mass is 330 g/mol. The van der Waals surface area contributed by atoms with E-state index in [4.69, 9.17) is 4.74 Å². The van der Waals surface area contributed by atoms with Gasteiger partial charge in [-0.3, -0.25) is 4.79 Å². The highest BCUT2D eigenvalue weighted by Gasteiger charge is 2.31. The molecule has 1 saturated heterocycles. The van der Waals surface area contributed by atoms with Crippen molar-refractivity contribution in [3.05, 3.63) is 29.3 Å². The van der Waals surface area contributed by atoms with E-state index in [-0.39, 0.29) is 5.91 Å². The van der Waals surface area contributed by atoms with Gasteiger partial charge in [0.05, 0.1) is 0 Å². The lowest BCUT2D eigenvalue weighted by Crippen LogP contribution is -2.48. The molecule has 132 valence electrons. The first-order valence-corrected chi connectivity index (χ1v) is 9.22. The summed E-state index contributed by atoms with van der Waals surface area (Å²) in [5.41, 5.74) is 1.94. The molecule has 0 bridgehead atoms. The fraction of sp³-hybridized carbons (Fsp3) is 0.650. The Morgan fingerprint density at radius 2 is 1.96 bits per heavy atom. The molecule has 4 heteroatoms. The normalized spacial score (nSPS) is 19.1. The Hall–Kier alpha value is -1.55. The second-order valence-electron chi connectivity index (χ2n) is 7.85. The summed E-state index contributed by atoms with van der Waals surface area (Å²) in [6.07, 6.45) is 5.82. The highest BCUT2D eigenvalue weighted by atomic mass is 16.5. The quantitative estimate of drug-likeness (QED) is 0.903. The van der Waals surface area contributed by atoms with Crippen molar-refractivity contribution in [3.63, 3.8) is 0 Å². The third-order valence-electron chi connectivity index (χ3n) is 5.38. The van der Waals surface area contributed by atoms with Gasteiger partial charge in [0.15, 0.2) is 5.60 Å². The maximum atomic E-state index is 12.6. The molecule has 1 heterocycles. The molecule has 1 aromatic carbocycles. The number of carbonyl (C=O) groups is 1. The molecule has 0 unspecified atom stereocenters. The fourth-order valence-corrected chi connectivity index (χ4v) is 3.67. The highest BCUT2D eigenvalue weighted by molar-refractivity contribution is 5.84. The summed E-state index contributed by atoms with van der Waals surface area (Å²) in [6.45, 7) is 6.70. The van der Waals surface area contributed by atoms with Gasteiger partial charge in [-0.25, -0.2) is 0 Å². The van der Waals surface area contributed by atoms with Crippen LogP contribution in [-0.4, -0.2) is 43.1 Å². The van der Waals surface area contributed by atoms with Crippen LogP contribution in [0.2, 0.25) is 0 Å². The largest absolute Gasteiger partial charge is 0.478 e. The zero-order valence-electron chi connectivity index (χ0n) is 15.2. The second-order valence-corrected chi connectivity index (χ2v) is 7.85. The number of piperidine rings is 1. The zero-order chi connectivity index (χ0) is 17.2. The Morgan fingerprint density at radius 1 is 1.25 bits per heavy atom. The van der Waals surface area contributed by atoms with Crippen LogP contribution in [0.25, 0.3) is 0 Å². The van der Waals surface area contributed by atoms with E-state index >= 15 is 0 Å². The van der Waals surface area contributed by atoms with Gasteiger partial charge in [-0.1, -0.05) is 6.07 Å². The molecular weight excluding hydrogens is 300 g/mol. The van der Waals surface area contributed by atoms with Gasteiger partial charge in [0, 0.05) is 6.54 Å². The summed E-state index contributed by atoms with van der Waals surface area (Å²) in [5.74, 6) is 1.36. The third kappa shape index (κ3) is 4.10. The van der Waals surface area contributed by atoms with E-state index in [1.807, 2.05) is 19.9 Å². The average Bonchev–Trinajstić information content (AvgIpc) is 3.01. The molecule has 0 radical (unpaired) electrons. The lowest BCUT2D eigenvalue weighted by molar-refractivity contribution is -0.134. The maximum absolute atomic E-state index is 12.6.